The van der Waals surface area contributed by atoms with Crippen LogP contribution in [0, 0.1) is 17.8 Å². The molecule has 0 bridgehead atoms. The van der Waals surface area contributed by atoms with Gasteiger partial charge in [0.2, 0.25) is 0 Å². The van der Waals surface area contributed by atoms with Crippen molar-refractivity contribution in [2.24, 2.45) is 17.8 Å². The summed E-state index contributed by atoms with van der Waals surface area (Å²) < 4.78 is 5.24. The van der Waals surface area contributed by atoms with Crippen molar-refractivity contribution in [3.05, 3.63) is 0 Å². The first kappa shape index (κ1) is 22.7. The fourth-order valence-corrected chi connectivity index (χ4v) is 2.60. The van der Waals surface area contributed by atoms with Crippen molar-refractivity contribution in [3.8, 4) is 0 Å². The van der Waals surface area contributed by atoms with Gasteiger partial charge in [0.15, 0.2) is 0 Å². The molecule has 3 atom stereocenters. The highest BCUT2D eigenvalue weighted by Gasteiger charge is 2.30. The van der Waals surface area contributed by atoms with Gasteiger partial charge in [0, 0.05) is 0 Å². The number of carbonyl (C=O) groups is 2. The van der Waals surface area contributed by atoms with Crippen LogP contribution in [-0.4, -0.2) is 40.0 Å². The number of hydrogen-bond acceptors (Lipinski definition) is 4. The number of hydrogen-bond donors (Lipinski definition) is 3. The molecule has 0 radical (unpaired) electrons. The van der Waals surface area contributed by atoms with E-state index >= 15 is 0 Å². The monoisotopic (exact) mass is 345 g/mol. The van der Waals surface area contributed by atoms with Gasteiger partial charge in [-0.3, -0.25) is 4.79 Å². The highest BCUT2D eigenvalue weighted by atomic mass is 16.6. The maximum Gasteiger partial charge on any atom is 0.407 e. The van der Waals surface area contributed by atoms with E-state index in [0.29, 0.717) is 12.8 Å². The van der Waals surface area contributed by atoms with E-state index in [-0.39, 0.29) is 18.3 Å². The zero-order valence-corrected chi connectivity index (χ0v) is 16.1. The summed E-state index contributed by atoms with van der Waals surface area (Å²) in [6.45, 7) is 13.2. The van der Waals surface area contributed by atoms with Crippen LogP contribution in [0.3, 0.4) is 0 Å². The second kappa shape index (κ2) is 9.87. The number of carbonyl (C=O) groups excluding carboxylic acids is 1. The first-order chi connectivity index (χ1) is 10.8. The largest absolute Gasteiger partial charge is 0.481 e. The molecule has 0 heterocycles. The maximum absolute atomic E-state index is 12.0. The van der Waals surface area contributed by atoms with Crippen LogP contribution >= 0.6 is 0 Å². The lowest BCUT2D eigenvalue weighted by Crippen LogP contribution is -2.47. The van der Waals surface area contributed by atoms with E-state index in [0.717, 1.165) is 0 Å². The van der Waals surface area contributed by atoms with Crippen molar-refractivity contribution in [2.75, 3.05) is 0 Å². The molecule has 6 nitrogen and oxygen atoms in total. The minimum Gasteiger partial charge on any atom is -0.481 e. The Balaban J connectivity index is 4.94. The molecule has 0 aromatic heterocycles. The second-order valence-electron chi connectivity index (χ2n) is 8.35. The van der Waals surface area contributed by atoms with E-state index in [4.69, 9.17) is 4.74 Å². The fourth-order valence-electron chi connectivity index (χ4n) is 2.60. The first-order valence-electron chi connectivity index (χ1n) is 8.72. The number of aliphatic hydroxyl groups excluding tert-OH is 1. The molecule has 0 aliphatic carbocycles. The summed E-state index contributed by atoms with van der Waals surface area (Å²) in [5.74, 6) is -1.08. The van der Waals surface area contributed by atoms with E-state index in [1.54, 1.807) is 20.8 Å². The van der Waals surface area contributed by atoms with Gasteiger partial charge in [-0.25, -0.2) is 4.79 Å². The SMILES string of the molecule is CC(C)C[C@H](C[C@H](O)[C@H](CC(C)C)NC(=O)OC(C)(C)C)C(=O)O. The number of aliphatic carboxylic acids is 1. The van der Waals surface area contributed by atoms with Crippen LogP contribution in [0.25, 0.3) is 0 Å². The molecule has 3 N–H and O–H groups in total. The van der Waals surface area contributed by atoms with Crippen LogP contribution in [-0.2, 0) is 9.53 Å². The molecule has 0 aliphatic heterocycles. The summed E-state index contributed by atoms with van der Waals surface area (Å²) in [6, 6.07) is -0.533. The third-order valence-corrected chi connectivity index (χ3v) is 3.52. The molecule has 0 saturated heterocycles. The Morgan fingerprint density at radius 1 is 1.00 bits per heavy atom. The second-order valence-corrected chi connectivity index (χ2v) is 8.35. The molecule has 142 valence electrons. The smallest absolute Gasteiger partial charge is 0.407 e. The molecule has 1 amide bonds. The summed E-state index contributed by atoms with van der Waals surface area (Å²) in [7, 11) is 0. The lowest BCUT2D eigenvalue weighted by Gasteiger charge is -2.29. The van der Waals surface area contributed by atoms with Gasteiger partial charge in [-0.05, 0) is 51.9 Å². The van der Waals surface area contributed by atoms with Crippen LogP contribution in [0.15, 0.2) is 0 Å². The lowest BCUT2D eigenvalue weighted by molar-refractivity contribution is -0.143. The average molecular weight is 345 g/mol. The molecule has 24 heavy (non-hydrogen) atoms. The maximum atomic E-state index is 12.0. The minimum absolute atomic E-state index is 0.112. The van der Waals surface area contributed by atoms with Crippen molar-refractivity contribution in [1.29, 1.82) is 0 Å². The molecular formula is C18H35NO5. The van der Waals surface area contributed by atoms with Gasteiger partial charge in [-0.15, -0.1) is 0 Å². The van der Waals surface area contributed by atoms with Crippen molar-refractivity contribution in [3.63, 3.8) is 0 Å². The Hall–Kier alpha value is -1.30. The van der Waals surface area contributed by atoms with E-state index in [1.807, 2.05) is 27.7 Å². The highest BCUT2D eigenvalue weighted by molar-refractivity contribution is 5.70. The average Bonchev–Trinajstić information content (AvgIpc) is 2.33. The van der Waals surface area contributed by atoms with Crippen molar-refractivity contribution in [1.82, 2.24) is 5.32 Å². The Morgan fingerprint density at radius 2 is 1.50 bits per heavy atom. The number of rotatable bonds is 9. The van der Waals surface area contributed by atoms with E-state index in [1.165, 1.54) is 0 Å². The van der Waals surface area contributed by atoms with Gasteiger partial charge >= 0.3 is 12.1 Å². The Kier molecular flexibility index (Phi) is 9.33. The molecular weight excluding hydrogens is 310 g/mol. The van der Waals surface area contributed by atoms with E-state index < -0.39 is 35.7 Å². The Bertz CT molecular complexity index is 401. The van der Waals surface area contributed by atoms with Gasteiger partial charge in [-0.2, -0.15) is 0 Å². The number of aliphatic hydroxyl groups is 1. The van der Waals surface area contributed by atoms with Crippen molar-refractivity contribution < 1.29 is 24.5 Å². The Morgan fingerprint density at radius 3 is 1.88 bits per heavy atom. The summed E-state index contributed by atoms with van der Waals surface area (Å²) in [4.78, 5) is 23.4. The minimum atomic E-state index is -0.931. The lowest BCUT2D eigenvalue weighted by atomic mass is 9.88. The van der Waals surface area contributed by atoms with E-state index in [9.17, 15) is 19.8 Å². The van der Waals surface area contributed by atoms with E-state index in [2.05, 4.69) is 5.32 Å². The van der Waals surface area contributed by atoms with Crippen LogP contribution < -0.4 is 5.32 Å². The topological polar surface area (TPSA) is 95.9 Å². The number of amides is 1. The molecule has 0 aromatic carbocycles. The predicted octanol–water partition coefficient (Wildman–Crippen LogP) is 3.42. The fraction of sp³-hybridized carbons (Fsp3) is 0.889. The van der Waals surface area contributed by atoms with Crippen LogP contribution in [0.1, 0.15) is 67.7 Å². The zero-order chi connectivity index (χ0) is 19.1. The van der Waals surface area contributed by atoms with Crippen LogP contribution in [0.4, 0.5) is 4.79 Å². The molecule has 6 heteroatoms. The molecule has 0 aromatic rings. The number of nitrogens with one attached hydrogen (secondary N) is 1. The van der Waals surface area contributed by atoms with Gasteiger partial charge in [0.25, 0.3) is 0 Å². The molecule has 0 fully saturated rings. The van der Waals surface area contributed by atoms with Gasteiger partial charge in [0.1, 0.15) is 5.60 Å². The first-order valence-corrected chi connectivity index (χ1v) is 8.72. The number of carboxylic acids is 1. The standard InChI is InChI=1S/C18H35NO5/c1-11(2)8-13(16(21)22)10-15(20)14(9-12(3)4)19-17(23)24-18(5,6)7/h11-15,20H,8-10H2,1-7H3,(H,19,23)(H,21,22)/t13-,14+,15+/m1/s1. The summed E-state index contributed by atoms with van der Waals surface area (Å²) in [5, 5.41) is 22.5. The number of ether oxygens (including phenoxy) is 1. The number of alkyl carbamates (subject to hydrolysis) is 1. The third-order valence-electron chi connectivity index (χ3n) is 3.52. The van der Waals surface area contributed by atoms with Gasteiger partial charge in [-0.1, -0.05) is 27.7 Å². The van der Waals surface area contributed by atoms with Crippen LogP contribution in [0.2, 0.25) is 0 Å². The summed E-state index contributed by atoms with van der Waals surface area (Å²) >= 11 is 0. The van der Waals surface area contributed by atoms with Crippen molar-refractivity contribution >= 4 is 12.1 Å². The quantitative estimate of drug-likeness (QED) is 0.595. The highest BCUT2D eigenvalue weighted by Crippen LogP contribution is 2.21. The van der Waals surface area contributed by atoms with Gasteiger partial charge in [0.05, 0.1) is 18.1 Å². The Labute approximate surface area is 146 Å². The van der Waals surface area contributed by atoms with Crippen LogP contribution in [0.5, 0.6) is 0 Å². The normalized spacial score (nSPS) is 15.9. The zero-order valence-electron chi connectivity index (χ0n) is 16.1. The summed E-state index contributed by atoms with van der Waals surface area (Å²) in [6.07, 6.45) is -0.370. The molecule has 0 spiro atoms. The van der Waals surface area contributed by atoms with Crippen molar-refractivity contribution in [2.45, 2.75) is 85.5 Å². The van der Waals surface area contributed by atoms with Gasteiger partial charge < -0.3 is 20.3 Å². The third kappa shape index (κ3) is 10.5. The molecule has 0 unspecified atom stereocenters. The molecule has 0 rings (SSSR count). The molecule has 0 aliphatic rings. The summed E-state index contributed by atoms with van der Waals surface area (Å²) in [5.41, 5.74) is -0.626. The molecule has 0 saturated carbocycles. The number of carboxylic acid groups (broad SMARTS) is 1. The predicted molar refractivity (Wildman–Crippen MR) is 93.8 cm³/mol.